The second-order valence-corrected chi connectivity index (χ2v) is 15.3. The van der Waals surface area contributed by atoms with Crippen molar-refractivity contribution in [2.24, 2.45) is 5.73 Å². The molecule has 208 valence electrons. The average molecular weight is 580 g/mol. The molecule has 2 bridgehead atoms. The van der Waals surface area contributed by atoms with E-state index in [0.29, 0.717) is 21.5 Å². The molecule has 40 heavy (non-hydrogen) atoms. The zero-order valence-corrected chi connectivity index (χ0v) is 23.7. The van der Waals surface area contributed by atoms with Gasteiger partial charge in [0.15, 0.2) is 0 Å². The van der Waals surface area contributed by atoms with Gasteiger partial charge >= 0.3 is 234 Å². The standard InChI is InChI=1S/C29H30N3O6PS/c1-3-19-39(24-13-7-4-8-14-24,25-15-9-5-10-16-25,26-17-11-6-12-18-26)38-40(35,36)37-32-23-20-22(2)27(28(30)33)31(21-23)29(32)34/h3-20,23,27H,21H2,1-2H3,(H2,30,33)/b19-3+/t23-,27+/m0/s1. The Hall–Kier alpha value is -3.82. The fourth-order valence-corrected chi connectivity index (χ4v) is 13.2. The third-order valence-corrected chi connectivity index (χ3v) is 14.4. The number of hydrogen-bond acceptors (Lipinski definition) is 6. The van der Waals surface area contributed by atoms with Crippen molar-refractivity contribution in [1.82, 2.24) is 9.96 Å². The summed E-state index contributed by atoms with van der Waals surface area (Å²) in [7, 11) is -4.93. The van der Waals surface area contributed by atoms with Crippen molar-refractivity contribution in [3.8, 4) is 0 Å². The molecule has 2 atom stereocenters. The maximum absolute atomic E-state index is 14.1. The Morgan fingerprint density at radius 3 is 1.82 bits per heavy atom. The summed E-state index contributed by atoms with van der Waals surface area (Å²) in [5.74, 6) is 1.09. The summed E-state index contributed by atoms with van der Waals surface area (Å²) < 4.78 is 40.1. The Morgan fingerprint density at radius 2 is 1.40 bits per heavy atom. The Morgan fingerprint density at radius 1 is 0.925 bits per heavy atom. The van der Waals surface area contributed by atoms with Gasteiger partial charge in [0.2, 0.25) is 0 Å². The number of nitrogens with two attached hydrogens (primary N) is 1. The van der Waals surface area contributed by atoms with Gasteiger partial charge in [0, 0.05) is 0 Å². The van der Waals surface area contributed by atoms with Crippen LogP contribution in [0.3, 0.4) is 0 Å². The van der Waals surface area contributed by atoms with Crippen molar-refractivity contribution in [2.75, 3.05) is 6.54 Å². The van der Waals surface area contributed by atoms with Gasteiger partial charge in [-0.25, -0.2) is 0 Å². The SMILES string of the molecule is C/C=C/P(OS(=O)(=O)ON1C(=O)N2C[C@@H]1C=C(C)[C@@H]2C(N)=O)(c1ccccc1)(c1ccccc1)c1ccccc1. The van der Waals surface area contributed by atoms with Crippen LogP contribution in [0.4, 0.5) is 4.79 Å². The van der Waals surface area contributed by atoms with Crippen molar-refractivity contribution in [1.29, 1.82) is 0 Å². The average Bonchev–Trinajstić information content (AvgIpc) is 3.18. The topological polar surface area (TPSA) is 119 Å². The van der Waals surface area contributed by atoms with Gasteiger partial charge in [-0.3, -0.25) is 0 Å². The summed E-state index contributed by atoms with van der Waals surface area (Å²) >= 11 is 0. The number of carbonyl (C=O) groups is 2. The predicted molar refractivity (Wildman–Crippen MR) is 156 cm³/mol. The summed E-state index contributed by atoms with van der Waals surface area (Å²) in [6.45, 7) is -0.938. The molecule has 2 N–H and O–H groups in total. The van der Waals surface area contributed by atoms with Gasteiger partial charge in [0.25, 0.3) is 0 Å². The summed E-state index contributed by atoms with van der Waals surface area (Å²) in [4.78, 5) is 26.5. The van der Waals surface area contributed by atoms with Gasteiger partial charge in [-0.2, -0.15) is 0 Å². The molecular formula is C29H30N3O6PS. The quantitative estimate of drug-likeness (QED) is 0.308. The number of fused-ring (bicyclic) bond motifs is 2. The van der Waals surface area contributed by atoms with Crippen LogP contribution < -0.4 is 21.6 Å². The summed E-state index contributed by atoms with van der Waals surface area (Å²) in [6.07, 6.45) is 3.38. The molecule has 11 heteroatoms. The van der Waals surface area contributed by atoms with E-state index in [1.807, 2.05) is 91.0 Å². The third-order valence-electron chi connectivity index (χ3n) is 7.24. The van der Waals surface area contributed by atoms with E-state index in [9.17, 15) is 18.0 Å². The van der Waals surface area contributed by atoms with E-state index in [1.165, 1.54) is 4.90 Å². The molecule has 2 aliphatic rings. The molecule has 1 fully saturated rings. The van der Waals surface area contributed by atoms with Gasteiger partial charge in [0.05, 0.1) is 0 Å². The molecule has 0 aromatic heterocycles. The number of rotatable bonds is 9. The zero-order valence-electron chi connectivity index (χ0n) is 22.0. The fourth-order valence-electron chi connectivity index (χ4n) is 5.68. The molecule has 0 aliphatic carbocycles. The molecule has 9 nitrogen and oxygen atoms in total. The van der Waals surface area contributed by atoms with Crippen LogP contribution in [-0.2, 0) is 23.4 Å². The van der Waals surface area contributed by atoms with E-state index >= 15 is 0 Å². The second kappa shape index (κ2) is 10.3. The van der Waals surface area contributed by atoms with Crippen molar-refractivity contribution < 1.29 is 26.3 Å². The number of allylic oxidation sites excluding steroid dienone is 1. The van der Waals surface area contributed by atoms with Crippen molar-refractivity contribution in [2.45, 2.75) is 25.9 Å². The zero-order chi connectivity index (χ0) is 28.6. The molecule has 2 heterocycles. The van der Waals surface area contributed by atoms with E-state index in [0.717, 1.165) is 5.06 Å². The van der Waals surface area contributed by atoms with Crippen LogP contribution in [0.1, 0.15) is 13.8 Å². The van der Waals surface area contributed by atoms with E-state index < -0.39 is 41.3 Å². The molecule has 3 amide bonds. The van der Waals surface area contributed by atoms with Crippen molar-refractivity contribution in [3.63, 3.8) is 0 Å². The number of urea groups is 1. The molecule has 0 unspecified atom stereocenters. The van der Waals surface area contributed by atoms with Crippen LogP contribution in [0.5, 0.6) is 0 Å². The number of carbonyl (C=O) groups excluding carboxylic acids is 2. The summed E-state index contributed by atoms with van der Waals surface area (Å²) in [6, 6.07) is 24.9. The molecule has 3 aromatic rings. The molecule has 0 saturated carbocycles. The third kappa shape index (κ3) is 4.33. The van der Waals surface area contributed by atoms with Gasteiger partial charge in [-0.1, -0.05) is 0 Å². The Balaban J connectivity index is 1.70. The first-order valence-electron chi connectivity index (χ1n) is 12.7. The molecule has 3 aromatic carbocycles. The van der Waals surface area contributed by atoms with Crippen molar-refractivity contribution >= 4 is 45.1 Å². The van der Waals surface area contributed by atoms with Gasteiger partial charge in [-0.15, -0.1) is 0 Å². The van der Waals surface area contributed by atoms with Crippen LogP contribution >= 0.6 is 6.83 Å². The van der Waals surface area contributed by atoms with E-state index in [2.05, 4.69) is 0 Å². The number of amides is 3. The summed E-state index contributed by atoms with van der Waals surface area (Å²) in [5.41, 5.74) is 6.06. The van der Waals surface area contributed by atoms with Crippen LogP contribution in [0.25, 0.3) is 0 Å². The Bertz CT molecular complexity index is 1500. The van der Waals surface area contributed by atoms with Gasteiger partial charge < -0.3 is 0 Å². The van der Waals surface area contributed by atoms with Crippen LogP contribution in [0.2, 0.25) is 0 Å². The number of nitrogens with zero attached hydrogens (tertiary/aromatic N) is 2. The van der Waals surface area contributed by atoms with E-state index in [4.69, 9.17) is 14.0 Å². The van der Waals surface area contributed by atoms with E-state index in [1.54, 1.807) is 31.8 Å². The minimum absolute atomic E-state index is 0.0494. The molecule has 5 rings (SSSR count). The number of primary amides is 1. The molecule has 2 aliphatic heterocycles. The monoisotopic (exact) mass is 579 g/mol. The number of benzene rings is 3. The fraction of sp³-hybridized carbons (Fsp3) is 0.172. The first-order chi connectivity index (χ1) is 19.1. The Labute approximate surface area is 233 Å². The summed E-state index contributed by atoms with van der Waals surface area (Å²) in [5, 5.41) is 2.60. The Kier molecular flexibility index (Phi) is 7.14. The van der Waals surface area contributed by atoms with E-state index in [-0.39, 0.29) is 6.54 Å². The minimum atomic E-state index is -4.93. The molecule has 0 radical (unpaired) electrons. The van der Waals surface area contributed by atoms with Gasteiger partial charge in [0.1, 0.15) is 0 Å². The molecular weight excluding hydrogens is 549 g/mol. The number of hydrogen-bond donors (Lipinski definition) is 1. The molecule has 1 saturated heterocycles. The second-order valence-electron chi connectivity index (χ2n) is 9.69. The first kappa shape index (κ1) is 27.7. The van der Waals surface area contributed by atoms with Crippen LogP contribution in [-0.4, -0.2) is 48.9 Å². The van der Waals surface area contributed by atoms with Gasteiger partial charge in [-0.05, 0) is 0 Å². The predicted octanol–water partition coefficient (Wildman–Crippen LogP) is 3.08. The maximum atomic E-state index is 14.1. The van der Waals surface area contributed by atoms with Crippen molar-refractivity contribution in [3.05, 3.63) is 115 Å². The number of hydroxylamine groups is 2. The van der Waals surface area contributed by atoms with Crippen LogP contribution in [0, 0.1) is 0 Å². The normalized spacial score (nSPS) is 20.3. The molecule has 0 spiro atoms. The van der Waals surface area contributed by atoms with Crippen LogP contribution in [0.15, 0.2) is 115 Å². The first-order valence-corrected chi connectivity index (χ1v) is 16.2.